The SMILES string of the molecule is CC(C)C[C@H](NC(=O)[C@H](Cc1ccccc1)NC(=O)[C@@H](N)CS)C(=O)NCC(=O)N[C@@H](CCCN=C(N)N)C(=O)N[C@@H](CCC(=O)O)C(=O)NCC(=O)N[C@@H](CCCCN)C(=O)N[C@@H](Cc1c[nH]c2ccccc12)C(=O)NCC(=O)N[C@@H](Cc1ccc(O)cc1)C(=O)N[C@@H](CS)C(=O)O. The molecule has 9 atom stereocenters. The third kappa shape index (κ3) is 29.7. The number of hydrogen-bond donors (Lipinski definition) is 21. The summed E-state index contributed by atoms with van der Waals surface area (Å²) in [5.74, 6) is -13.3. The third-order valence-corrected chi connectivity index (χ3v) is 15.8. The Labute approximate surface area is 582 Å². The number of hydrogen-bond acceptors (Lipinski definition) is 19. The number of rotatable bonds is 44. The van der Waals surface area contributed by atoms with E-state index in [4.69, 9.17) is 22.9 Å². The number of carboxylic acid groups (broad SMARTS) is 2. The van der Waals surface area contributed by atoms with E-state index in [1.807, 2.05) is 0 Å². The predicted octanol–water partition coefficient (Wildman–Crippen LogP) is -3.51. The van der Waals surface area contributed by atoms with E-state index in [1.165, 1.54) is 24.3 Å². The van der Waals surface area contributed by atoms with Gasteiger partial charge in [-0.3, -0.25) is 62.5 Å². The van der Waals surface area contributed by atoms with Crippen LogP contribution in [0.2, 0.25) is 0 Å². The van der Waals surface area contributed by atoms with Gasteiger partial charge in [-0.2, -0.15) is 25.3 Å². The van der Waals surface area contributed by atoms with Crippen molar-refractivity contribution in [3.63, 3.8) is 0 Å². The molecule has 99 heavy (non-hydrogen) atoms. The van der Waals surface area contributed by atoms with Crippen LogP contribution in [-0.2, 0) is 81.6 Å². The van der Waals surface area contributed by atoms with E-state index in [1.54, 1.807) is 74.6 Å². The summed E-state index contributed by atoms with van der Waals surface area (Å²) in [7, 11) is 0. The number of thiol groups is 2. The number of nitrogens with one attached hydrogen (secondary N) is 12. The van der Waals surface area contributed by atoms with Crippen LogP contribution >= 0.6 is 25.3 Å². The summed E-state index contributed by atoms with van der Waals surface area (Å²) in [4.78, 5) is 182. The van der Waals surface area contributed by atoms with E-state index in [-0.39, 0.29) is 93.6 Å². The summed E-state index contributed by atoms with van der Waals surface area (Å²) in [6.07, 6.45) is 0.635. The first-order chi connectivity index (χ1) is 47.1. The topological polar surface area (TPSA) is 547 Å². The van der Waals surface area contributed by atoms with Crippen LogP contribution < -0.4 is 81.4 Å². The number of H-pyrrole nitrogens is 1. The van der Waals surface area contributed by atoms with Crippen molar-refractivity contribution in [2.45, 2.75) is 139 Å². The van der Waals surface area contributed by atoms with E-state index < -0.39 is 164 Å². The number of aromatic nitrogens is 1. The van der Waals surface area contributed by atoms with Gasteiger partial charge in [0.15, 0.2) is 5.96 Å². The van der Waals surface area contributed by atoms with Crippen LogP contribution in [0.5, 0.6) is 5.75 Å². The van der Waals surface area contributed by atoms with Gasteiger partial charge in [-0.15, -0.1) is 0 Å². The van der Waals surface area contributed by atoms with Crippen LogP contribution in [0, 0.1) is 5.92 Å². The summed E-state index contributed by atoms with van der Waals surface area (Å²) >= 11 is 8.07. The minimum atomic E-state index is -1.66. The Balaban J connectivity index is 1.50. The Bertz CT molecular complexity index is 3430. The molecule has 35 heteroatoms. The second-order valence-corrected chi connectivity index (χ2v) is 24.3. The molecule has 11 amide bonds. The van der Waals surface area contributed by atoms with Gasteiger partial charge in [0.2, 0.25) is 65.0 Å². The van der Waals surface area contributed by atoms with Crippen molar-refractivity contribution in [3.05, 3.63) is 102 Å². The van der Waals surface area contributed by atoms with Crippen molar-refractivity contribution < 1.29 is 77.6 Å². The first-order valence-electron chi connectivity index (χ1n) is 31.9. The lowest BCUT2D eigenvalue weighted by atomic mass is 10.0. The van der Waals surface area contributed by atoms with Gasteiger partial charge in [0, 0.05) is 60.8 Å². The molecular formula is C64H91N17O16S2. The molecule has 540 valence electrons. The van der Waals surface area contributed by atoms with Crippen LogP contribution in [0.15, 0.2) is 90.1 Å². The number of nitrogens with two attached hydrogens (primary N) is 4. The lowest BCUT2D eigenvalue weighted by molar-refractivity contribution is -0.141. The number of carbonyl (C=O) groups excluding carboxylic acids is 11. The van der Waals surface area contributed by atoms with E-state index in [0.29, 0.717) is 34.0 Å². The highest BCUT2D eigenvalue weighted by molar-refractivity contribution is 7.80. The second-order valence-electron chi connectivity index (χ2n) is 23.5. The smallest absolute Gasteiger partial charge is 0.327 e. The zero-order chi connectivity index (χ0) is 73.1. The first-order valence-corrected chi connectivity index (χ1v) is 33.1. The van der Waals surface area contributed by atoms with Crippen molar-refractivity contribution in [3.8, 4) is 5.75 Å². The fourth-order valence-electron chi connectivity index (χ4n) is 9.88. The number of aromatic hydroxyl groups is 1. The number of unbranched alkanes of at least 4 members (excludes halogenated alkanes) is 1. The van der Waals surface area contributed by atoms with Crippen molar-refractivity contribution in [2.75, 3.05) is 44.2 Å². The molecule has 0 saturated carbocycles. The molecule has 0 aliphatic carbocycles. The highest BCUT2D eigenvalue weighted by Gasteiger charge is 2.34. The van der Waals surface area contributed by atoms with Gasteiger partial charge < -0.3 is 102 Å². The number of aromatic amines is 1. The Hall–Kier alpha value is -10.0. The average Bonchev–Trinajstić information content (AvgIpc) is 1.77. The Morgan fingerprint density at radius 1 is 0.505 bits per heavy atom. The van der Waals surface area contributed by atoms with Gasteiger partial charge in [-0.25, -0.2) is 4.79 Å². The molecule has 0 aliphatic heterocycles. The fraction of sp³-hybridized carbons (Fsp3) is 0.469. The van der Waals surface area contributed by atoms with Crippen molar-refractivity contribution >= 4 is 119 Å². The maximum atomic E-state index is 14.4. The zero-order valence-corrected chi connectivity index (χ0v) is 56.7. The molecule has 0 unspecified atom stereocenters. The van der Waals surface area contributed by atoms with Gasteiger partial charge in [0.25, 0.3) is 0 Å². The fourth-order valence-corrected chi connectivity index (χ4v) is 10.3. The summed E-state index contributed by atoms with van der Waals surface area (Å²) in [6, 6.07) is 9.19. The van der Waals surface area contributed by atoms with Gasteiger partial charge >= 0.3 is 11.9 Å². The number of benzene rings is 3. The lowest BCUT2D eigenvalue weighted by Crippen LogP contribution is -2.58. The third-order valence-electron chi connectivity index (χ3n) is 15.1. The molecule has 23 N–H and O–H groups in total. The molecule has 0 fully saturated rings. The highest BCUT2D eigenvalue weighted by atomic mass is 32.1. The number of carboxylic acids is 2. The Morgan fingerprint density at radius 3 is 1.49 bits per heavy atom. The van der Waals surface area contributed by atoms with Gasteiger partial charge in [0.05, 0.1) is 25.7 Å². The molecule has 1 heterocycles. The Kier molecular flexibility index (Phi) is 35.1. The zero-order valence-electron chi connectivity index (χ0n) is 54.9. The normalized spacial score (nSPS) is 13.7. The maximum absolute atomic E-state index is 14.4. The minimum absolute atomic E-state index is 0.0191. The van der Waals surface area contributed by atoms with Crippen molar-refractivity contribution in [1.82, 2.24) is 63.5 Å². The van der Waals surface area contributed by atoms with E-state index in [9.17, 15) is 77.6 Å². The van der Waals surface area contributed by atoms with Crippen molar-refractivity contribution in [2.24, 2.45) is 33.8 Å². The van der Waals surface area contributed by atoms with E-state index in [2.05, 4.69) is 93.7 Å². The molecule has 1 aromatic heterocycles. The largest absolute Gasteiger partial charge is 0.508 e. The molecule has 4 aromatic rings. The summed E-state index contributed by atoms with van der Waals surface area (Å²) < 4.78 is 0. The van der Waals surface area contributed by atoms with E-state index in [0.717, 1.165) is 0 Å². The van der Waals surface area contributed by atoms with Crippen LogP contribution in [0.4, 0.5) is 0 Å². The molecule has 0 bridgehead atoms. The van der Waals surface area contributed by atoms with Gasteiger partial charge in [-0.1, -0.05) is 74.5 Å². The number of phenols is 1. The Morgan fingerprint density at radius 2 is 0.960 bits per heavy atom. The number of aliphatic carboxylic acids is 2. The number of guanidine groups is 1. The number of para-hydroxylation sites is 1. The molecule has 4 rings (SSSR count). The number of amides is 11. The number of aliphatic imine (C=N–C) groups is 1. The number of phenolic OH excluding ortho intramolecular Hbond substituents is 1. The van der Waals surface area contributed by atoms with Gasteiger partial charge in [0.1, 0.15) is 54.1 Å². The standard InChI is InChI=1S/C64H91N17O16S2/c1-35(2)25-46(79-62(95)48(78-55(88)41(66)33-98)26-36-11-4-3-5-12-36)57(90)72-31-52(84)75-44(16-10-24-69-64(67)68)59(92)77-45(21-22-54(86)87)56(89)71-30-51(83)74-43(15-8-9-23-65)60(93)80-49(28-38-29-70-42-14-7-6-13-40(38)42)58(91)73-32-53(85)76-47(27-37-17-19-39(82)20-18-37)61(94)81-50(34-99)63(96)97/h3-7,11-14,17-20,29,35,41,43-50,70,82,98-99H,8-10,15-16,21-28,30-34,65-66H2,1-2H3,(H,71,89)(H,72,90)(H,73,91)(H,74,83)(H,75,84)(H,76,85)(H,77,92)(H,78,88)(H,79,95)(H,80,93)(H,81,94)(H,86,87)(H,96,97)(H4,67,68,69)/t41-,43-,44-,45-,46-,47-,48-,49-,50-/m0/s1. The van der Waals surface area contributed by atoms with E-state index >= 15 is 0 Å². The summed E-state index contributed by atoms with van der Waals surface area (Å²) in [5, 5.41) is 57.2. The summed E-state index contributed by atoms with van der Waals surface area (Å²) in [6.45, 7) is 1.37. The molecule has 0 radical (unpaired) electrons. The number of fused-ring (bicyclic) bond motifs is 1. The molecule has 3 aromatic carbocycles. The quantitative estimate of drug-likeness (QED) is 0.00884. The molecular weight excluding hydrogens is 1330 g/mol. The maximum Gasteiger partial charge on any atom is 0.327 e. The second kappa shape index (κ2) is 42.6. The van der Waals surface area contributed by atoms with Gasteiger partial charge in [-0.05, 0) is 92.3 Å². The monoisotopic (exact) mass is 1420 g/mol. The van der Waals surface area contributed by atoms with Crippen LogP contribution in [0.25, 0.3) is 10.9 Å². The molecule has 33 nitrogen and oxygen atoms in total. The van der Waals surface area contributed by atoms with Crippen molar-refractivity contribution in [1.29, 1.82) is 0 Å². The molecule has 0 aliphatic rings. The van der Waals surface area contributed by atoms with Crippen LogP contribution in [0.3, 0.4) is 0 Å². The highest BCUT2D eigenvalue weighted by Crippen LogP contribution is 2.20. The minimum Gasteiger partial charge on any atom is -0.508 e. The predicted molar refractivity (Wildman–Crippen MR) is 371 cm³/mol. The van der Waals surface area contributed by atoms with Crippen LogP contribution in [-0.4, -0.2) is 202 Å². The molecule has 0 saturated heterocycles. The molecule has 0 spiro atoms. The first kappa shape index (κ1) is 81.4. The number of nitrogens with zero attached hydrogens (tertiary/aromatic N) is 1. The number of carbonyl (C=O) groups is 13. The summed E-state index contributed by atoms with van der Waals surface area (Å²) in [5.41, 5.74) is 25.0. The lowest BCUT2D eigenvalue weighted by Gasteiger charge is -2.25. The average molecular weight is 1420 g/mol. The van der Waals surface area contributed by atoms with Crippen LogP contribution in [0.1, 0.15) is 81.9 Å².